The van der Waals surface area contributed by atoms with E-state index in [1.807, 2.05) is 29.7 Å². The van der Waals surface area contributed by atoms with Gasteiger partial charge in [0.05, 0.1) is 23.2 Å². The average Bonchev–Trinajstić information content (AvgIpc) is 2.81. The molecule has 0 saturated heterocycles. The Balaban J connectivity index is 2.41. The highest BCUT2D eigenvalue weighted by Crippen LogP contribution is 2.22. The third-order valence-corrected chi connectivity index (χ3v) is 4.71. The molecule has 0 bridgehead atoms. The van der Waals surface area contributed by atoms with Crippen LogP contribution in [0.15, 0.2) is 27.7 Å². The molecule has 0 radical (unpaired) electrons. The fourth-order valence-electron chi connectivity index (χ4n) is 2.16. The molecule has 7 heteroatoms. The van der Waals surface area contributed by atoms with Crippen molar-refractivity contribution in [2.75, 3.05) is 6.61 Å². The molecule has 0 atom stereocenters. The number of aryl methyl sites for hydroxylation is 1. The van der Waals surface area contributed by atoms with Gasteiger partial charge in [-0.15, -0.1) is 0 Å². The summed E-state index contributed by atoms with van der Waals surface area (Å²) >= 11 is 4.90. The van der Waals surface area contributed by atoms with Crippen molar-refractivity contribution < 1.29 is 14.3 Å². The minimum Gasteiger partial charge on any atom is -0.466 e. The lowest BCUT2D eigenvalue weighted by atomic mass is 10.3. The zero-order valence-corrected chi connectivity index (χ0v) is 15.6. The Kier molecular flexibility index (Phi) is 6.53. The van der Waals surface area contributed by atoms with E-state index in [0.29, 0.717) is 24.4 Å². The van der Waals surface area contributed by atoms with Crippen LogP contribution in [-0.2, 0) is 20.9 Å². The third-order valence-electron chi connectivity index (χ3n) is 3.17. The summed E-state index contributed by atoms with van der Waals surface area (Å²) < 4.78 is 8.88. The summed E-state index contributed by atoms with van der Waals surface area (Å²) in [6, 6.07) is 5.89. The van der Waals surface area contributed by atoms with Gasteiger partial charge < -0.3 is 9.30 Å². The summed E-state index contributed by atoms with van der Waals surface area (Å²) in [7, 11) is 0. The number of ether oxygens (including phenoxy) is 1. The Morgan fingerprint density at radius 2 is 2.09 bits per heavy atom. The number of esters is 1. The second-order valence-corrected chi connectivity index (χ2v) is 6.88. The van der Waals surface area contributed by atoms with Crippen molar-refractivity contribution in [2.45, 2.75) is 39.7 Å². The molecule has 1 heterocycles. The second kappa shape index (κ2) is 8.40. The number of rotatable bonds is 6. The predicted molar refractivity (Wildman–Crippen MR) is 94.2 cm³/mol. The van der Waals surface area contributed by atoms with Gasteiger partial charge in [-0.05, 0) is 31.5 Å². The van der Waals surface area contributed by atoms with Crippen LogP contribution in [0.5, 0.6) is 0 Å². The Bertz CT molecular complexity index is 779. The van der Waals surface area contributed by atoms with Crippen LogP contribution in [0.2, 0.25) is 0 Å². The Hall–Kier alpha value is -1.47. The molecule has 2 aromatic rings. The number of nitrogens with zero attached hydrogens (tertiary/aromatic N) is 2. The van der Waals surface area contributed by atoms with E-state index in [1.54, 1.807) is 6.92 Å². The van der Waals surface area contributed by atoms with Crippen LogP contribution in [0, 0.1) is 0 Å². The summed E-state index contributed by atoms with van der Waals surface area (Å²) in [5, 5.41) is 0. The largest absolute Gasteiger partial charge is 0.466 e. The van der Waals surface area contributed by atoms with Crippen molar-refractivity contribution in [2.24, 2.45) is 4.99 Å². The monoisotopic (exact) mass is 398 g/mol. The van der Waals surface area contributed by atoms with Crippen LogP contribution in [0.25, 0.3) is 10.2 Å². The Labute approximate surface area is 147 Å². The van der Waals surface area contributed by atoms with E-state index in [4.69, 9.17) is 4.74 Å². The highest BCUT2D eigenvalue weighted by Gasteiger charge is 2.10. The maximum absolute atomic E-state index is 11.9. The number of halogens is 1. The number of carbonyl (C=O) groups is 2. The van der Waals surface area contributed by atoms with Crippen LogP contribution in [0.3, 0.4) is 0 Å². The first kappa shape index (κ1) is 17.9. The summed E-state index contributed by atoms with van der Waals surface area (Å²) in [5.41, 5.74) is 0.963. The van der Waals surface area contributed by atoms with Gasteiger partial charge in [-0.1, -0.05) is 34.2 Å². The lowest BCUT2D eigenvalue weighted by Gasteiger charge is -2.05. The van der Waals surface area contributed by atoms with Crippen LogP contribution in [-0.4, -0.2) is 23.1 Å². The quantitative estimate of drug-likeness (QED) is 0.697. The van der Waals surface area contributed by atoms with E-state index in [9.17, 15) is 9.59 Å². The third kappa shape index (κ3) is 4.75. The molecule has 1 aromatic heterocycles. The summed E-state index contributed by atoms with van der Waals surface area (Å²) in [4.78, 5) is 28.3. The molecule has 0 aliphatic rings. The zero-order valence-electron chi connectivity index (χ0n) is 13.2. The lowest BCUT2D eigenvalue weighted by molar-refractivity contribution is -0.143. The molecule has 23 heavy (non-hydrogen) atoms. The van der Waals surface area contributed by atoms with Crippen LogP contribution in [0.1, 0.15) is 33.1 Å². The molecule has 0 unspecified atom stereocenters. The smallest absolute Gasteiger partial charge is 0.307 e. The normalized spacial score (nSPS) is 11.9. The molecule has 124 valence electrons. The topological polar surface area (TPSA) is 60.7 Å². The Morgan fingerprint density at radius 3 is 2.78 bits per heavy atom. The van der Waals surface area contributed by atoms with Gasteiger partial charge in [0.2, 0.25) is 5.91 Å². The molecular formula is C16H19BrN2O3S. The molecule has 0 spiro atoms. The Morgan fingerprint density at radius 1 is 1.30 bits per heavy atom. The fraction of sp³-hybridized carbons (Fsp3) is 0.438. The maximum Gasteiger partial charge on any atom is 0.307 e. The van der Waals surface area contributed by atoms with E-state index < -0.39 is 0 Å². The molecule has 0 saturated carbocycles. The van der Waals surface area contributed by atoms with Gasteiger partial charge in [0.15, 0.2) is 4.80 Å². The highest BCUT2D eigenvalue weighted by atomic mass is 79.9. The van der Waals surface area contributed by atoms with Crippen LogP contribution < -0.4 is 4.80 Å². The van der Waals surface area contributed by atoms with Gasteiger partial charge in [0.25, 0.3) is 0 Å². The second-order valence-electron chi connectivity index (χ2n) is 4.96. The summed E-state index contributed by atoms with van der Waals surface area (Å²) in [6.07, 6.45) is 1.45. The lowest BCUT2D eigenvalue weighted by Crippen LogP contribution is -2.19. The summed E-state index contributed by atoms with van der Waals surface area (Å²) in [6.45, 7) is 4.54. The number of amides is 1. The zero-order chi connectivity index (χ0) is 16.8. The van der Waals surface area contributed by atoms with E-state index in [-0.39, 0.29) is 18.3 Å². The van der Waals surface area contributed by atoms with Gasteiger partial charge >= 0.3 is 5.97 Å². The number of carbonyl (C=O) groups excluding carboxylic acids is 2. The van der Waals surface area contributed by atoms with Crippen molar-refractivity contribution in [1.82, 2.24) is 4.57 Å². The first-order valence-corrected chi connectivity index (χ1v) is 9.18. The minimum absolute atomic E-state index is 0.136. The molecule has 0 N–H and O–H groups in total. The maximum atomic E-state index is 11.9. The van der Waals surface area contributed by atoms with E-state index in [2.05, 4.69) is 20.9 Å². The van der Waals surface area contributed by atoms with Crippen molar-refractivity contribution in [1.29, 1.82) is 0 Å². The van der Waals surface area contributed by atoms with Gasteiger partial charge in [0, 0.05) is 17.4 Å². The number of benzene rings is 1. The van der Waals surface area contributed by atoms with Crippen LogP contribution >= 0.6 is 27.3 Å². The predicted octanol–water partition coefficient (Wildman–Crippen LogP) is 3.65. The van der Waals surface area contributed by atoms with Crippen LogP contribution in [0.4, 0.5) is 0 Å². The number of thiazole rings is 1. The van der Waals surface area contributed by atoms with Crippen molar-refractivity contribution in [3.05, 3.63) is 27.5 Å². The van der Waals surface area contributed by atoms with E-state index in [1.165, 1.54) is 11.3 Å². The van der Waals surface area contributed by atoms with E-state index in [0.717, 1.165) is 21.1 Å². The fourth-order valence-corrected chi connectivity index (χ4v) is 3.79. The van der Waals surface area contributed by atoms with Gasteiger partial charge in [-0.2, -0.15) is 4.99 Å². The van der Waals surface area contributed by atoms with Gasteiger partial charge in [0.1, 0.15) is 0 Å². The SMILES string of the molecule is CCCC(=O)N=c1sc2cc(Br)ccc2n1CCC(=O)OCC. The van der Waals surface area contributed by atoms with Crippen molar-refractivity contribution in [3.8, 4) is 0 Å². The molecule has 0 aliphatic heterocycles. The molecular weight excluding hydrogens is 380 g/mol. The molecule has 5 nitrogen and oxygen atoms in total. The molecule has 1 amide bonds. The summed E-state index contributed by atoms with van der Waals surface area (Å²) in [5.74, 6) is -0.384. The number of hydrogen-bond acceptors (Lipinski definition) is 4. The first-order valence-electron chi connectivity index (χ1n) is 7.57. The number of hydrogen-bond donors (Lipinski definition) is 0. The van der Waals surface area contributed by atoms with E-state index >= 15 is 0 Å². The minimum atomic E-state index is -0.248. The number of aromatic nitrogens is 1. The first-order chi connectivity index (χ1) is 11.0. The number of fused-ring (bicyclic) bond motifs is 1. The molecule has 0 fully saturated rings. The average molecular weight is 399 g/mol. The molecule has 2 rings (SSSR count). The van der Waals surface area contributed by atoms with Crippen molar-refractivity contribution in [3.63, 3.8) is 0 Å². The van der Waals surface area contributed by atoms with Crippen molar-refractivity contribution >= 4 is 49.4 Å². The standard InChI is InChI=1S/C16H19BrN2O3S/c1-3-5-14(20)18-16-19(9-8-15(21)22-4-2)12-7-6-11(17)10-13(12)23-16/h6-7,10H,3-5,8-9H2,1-2H3. The molecule has 1 aromatic carbocycles. The molecule has 0 aliphatic carbocycles. The van der Waals surface area contributed by atoms with Gasteiger partial charge in [-0.25, -0.2) is 0 Å². The highest BCUT2D eigenvalue weighted by molar-refractivity contribution is 9.10. The van der Waals surface area contributed by atoms with Gasteiger partial charge in [-0.3, -0.25) is 9.59 Å².